The van der Waals surface area contributed by atoms with Crippen LogP contribution in [0.4, 0.5) is 18.0 Å². The Labute approximate surface area is 189 Å². The first-order valence-electron chi connectivity index (χ1n) is 9.81. The molecule has 176 valence electrons. The fourth-order valence-electron chi connectivity index (χ4n) is 3.32. The van der Waals surface area contributed by atoms with E-state index in [1.54, 1.807) is 20.8 Å². The third-order valence-corrected chi connectivity index (χ3v) is 6.30. The highest BCUT2D eigenvalue weighted by Crippen LogP contribution is 2.33. The van der Waals surface area contributed by atoms with Crippen LogP contribution in [0.2, 0.25) is 0 Å². The van der Waals surface area contributed by atoms with E-state index in [2.05, 4.69) is 4.98 Å². The van der Waals surface area contributed by atoms with Crippen molar-refractivity contribution in [3.63, 3.8) is 0 Å². The highest BCUT2D eigenvalue weighted by atomic mass is 32.2. The Morgan fingerprint density at radius 1 is 1.15 bits per heavy atom. The zero-order valence-corrected chi connectivity index (χ0v) is 18.9. The van der Waals surface area contributed by atoms with Crippen LogP contribution in [0.5, 0.6) is 0 Å². The molecular formula is C22H22F3N3O4S. The Hall–Kier alpha value is -3.34. The number of aromatic nitrogens is 2. The Balaban J connectivity index is 2.23. The van der Waals surface area contributed by atoms with Crippen LogP contribution in [0.1, 0.15) is 26.3 Å². The molecule has 0 saturated carbocycles. The summed E-state index contributed by atoms with van der Waals surface area (Å²) in [5.41, 5.74) is -1.87. The number of pyridine rings is 1. The SMILES string of the molecule is CC(C)(C)CN(Cc1cn(S(=O)(=O)c2cccc(F)c2)c(-c2cccnc2F)c1F)C(=O)O. The molecule has 0 atom stereocenters. The van der Waals surface area contributed by atoms with Crippen LogP contribution in [-0.4, -0.2) is 40.0 Å². The molecule has 2 heterocycles. The van der Waals surface area contributed by atoms with E-state index < -0.39 is 61.8 Å². The van der Waals surface area contributed by atoms with Crippen LogP contribution >= 0.6 is 0 Å². The summed E-state index contributed by atoms with van der Waals surface area (Å²) in [5.74, 6) is -3.08. The maximum atomic E-state index is 15.6. The Kier molecular flexibility index (Phi) is 6.55. The third-order valence-electron chi connectivity index (χ3n) is 4.65. The van der Waals surface area contributed by atoms with Crippen LogP contribution in [-0.2, 0) is 16.6 Å². The standard InChI is InChI=1S/C22H22F3N3O4S/c1-22(2,3)13-27(21(29)30)11-14-12-28(33(31,32)16-7-4-6-15(23)10-16)19(18(14)24)17-8-5-9-26-20(17)25/h4-10,12H,11,13H2,1-3H3,(H,29,30). The number of benzene rings is 1. The van der Waals surface area contributed by atoms with E-state index in [0.717, 1.165) is 41.6 Å². The van der Waals surface area contributed by atoms with E-state index in [-0.39, 0.29) is 12.1 Å². The number of carbonyl (C=O) groups is 1. The van der Waals surface area contributed by atoms with Crippen LogP contribution in [0, 0.1) is 23.0 Å². The van der Waals surface area contributed by atoms with Crippen LogP contribution in [0.25, 0.3) is 11.3 Å². The number of halogens is 3. The molecule has 3 aromatic rings. The van der Waals surface area contributed by atoms with Gasteiger partial charge in [-0.25, -0.2) is 30.9 Å². The molecule has 1 aromatic carbocycles. The molecule has 0 fully saturated rings. The summed E-state index contributed by atoms with van der Waals surface area (Å²) >= 11 is 0. The number of rotatable bonds is 6. The Morgan fingerprint density at radius 3 is 2.42 bits per heavy atom. The molecule has 0 aliphatic carbocycles. The van der Waals surface area contributed by atoms with Gasteiger partial charge in [0.15, 0.2) is 5.82 Å². The quantitative estimate of drug-likeness (QED) is 0.514. The molecule has 2 aromatic heterocycles. The average Bonchev–Trinajstić information content (AvgIpc) is 3.03. The molecule has 0 spiro atoms. The number of amides is 1. The molecular weight excluding hydrogens is 459 g/mol. The number of carboxylic acid groups (broad SMARTS) is 1. The third kappa shape index (κ3) is 5.19. The molecule has 1 amide bonds. The van der Waals surface area contributed by atoms with Gasteiger partial charge in [0.1, 0.15) is 11.5 Å². The van der Waals surface area contributed by atoms with Crippen molar-refractivity contribution in [3.05, 3.63) is 71.9 Å². The van der Waals surface area contributed by atoms with Crippen molar-refractivity contribution >= 4 is 16.1 Å². The van der Waals surface area contributed by atoms with Crippen molar-refractivity contribution in [1.82, 2.24) is 13.9 Å². The van der Waals surface area contributed by atoms with Gasteiger partial charge in [0, 0.05) is 24.5 Å². The Bertz CT molecular complexity index is 1300. The topological polar surface area (TPSA) is 92.5 Å². The normalized spacial score (nSPS) is 12.1. The van der Waals surface area contributed by atoms with Gasteiger partial charge in [0.25, 0.3) is 10.0 Å². The van der Waals surface area contributed by atoms with Crippen LogP contribution < -0.4 is 0 Å². The molecule has 0 saturated heterocycles. The fourth-order valence-corrected chi connectivity index (χ4v) is 4.75. The van der Waals surface area contributed by atoms with Gasteiger partial charge in [-0.3, -0.25) is 0 Å². The second-order valence-corrected chi connectivity index (χ2v) is 10.4. The predicted octanol–water partition coefficient (Wildman–Crippen LogP) is 4.73. The summed E-state index contributed by atoms with van der Waals surface area (Å²) in [7, 11) is -4.57. The fraction of sp³-hybridized carbons (Fsp3) is 0.273. The van der Waals surface area contributed by atoms with Gasteiger partial charge in [0.05, 0.1) is 17.0 Å². The number of nitrogens with zero attached hydrogens (tertiary/aromatic N) is 3. The summed E-state index contributed by atoms with van der Waals surface area (Å²) in [6, 6.07) is 6.52. The zero-order valence-electron chi connectivity index (χ0n) is 18.1. The maximum Gasteiger partial charge on any atom is 0.407 e. The minimum Gasteiger partial charge on any atom is -0.465 e. The Morgan fingerprint density at radius 2 is 1.85 bits per heavy atom. The van der Waals surface area contributed by atoms with Crippen LogP contribution in [0.15, 0.2) is 53.7 Å². The molecule has 0 aliphatic heterocycles. The molecule has 0 bridgehead atoms. The van der Waals surface area contributed by atoms with Crippen molar-refractivity contribution in [2.24, 2.45) is 5.41 Å². The van der Waals surface area contributed by atoms with Gasteiger partial charge >= 0.3 is 6.09 Å². The van der Waals surface area contributed by atoms with E-state index in [9.17, 15) is 27.1 Å². The van der Waals surface area contributed by atoms with Crippen molar-refractivity contribution in [2.45, 2.75) is 32.2 Å². The van der Waals surface area contributed by atoms with E-state index in [0.29, 0.717) is 3.97 Å². The summed E-state index contributed by atoms with van der Waals surface area (Å²) in [6.45, 7) is 4.90. The molecule has 0 aliphatic rings. The van der Waals surface area contributed by atoms with Crippen LogP contribution in [0.3, 0.4) is 0 Å². The first-order valence-corrected chi connectivity index (χ1v) is 11.2. The highest BCUT2D eigenvalue weighted by Gasteiger charge is 2.30. The summed E-state index contributed by atoms with van der Waals surface area (Å²) in [6.07, 6.45) is 0.663. The van der Waals surface area contributed by atoms with E-state index in [4.69, 9.17) is 0 Å². The van der Waals surface area contributed by atoms with E-state index in [1.165, 1.54) is 12.1 Å². The number of hydrogen-bond acceptors (Lipinski definition) is 4. The lowest BCUT2D eigenvalue weighted by atomic mass is 9.96. The lowest BCUT2D eigenvalue weighted by Crippen LogP contribution is -2.36. The monoisotopic (exact) mass is 481 g/mol. The largest absolute Gasteiger partial charge is 0.465 e. The lowest BCUT2D eigenvalue weighted by Gasteiger charge is -2.27. The van der Waals surface area contributed by atoms with E-state index >= 15 is 4.39 Å². The maximum absolute atomic E-state index is 15.6. The lowest BCUT2D eigenvalue weighted by molar-refractivity contribution is 0.122. The predicted molar refractivity (Wildman–Crippen MR) is 114 cm³/mol. The van der Waals surface area contributed by atoms with Gasteiger partial charge in [-0.2, -0.15) is 4.39 Å². The van der Waals surface area contributed by atoms with E-state index in [1.807, 2.05) is 0 Å². The first kappa shape index (κ1) is 24.3. The highest BCUT2D eigenvalue weighted by molar-refractivity contribution is 7.90. The van der Waals surface area contributed by atoms with Gasteiger partial charge in [-0.05, 0) is 35.7 Å². The van der Waals surface area contributed by atoms with Gasteiger partial charge in [-0.1, -0.05) is 26.8 Å². The summed E-state index contributed by atoms with van der Waals surface area (Å²) < 4.78 is 70.8. The summed E-state index contributed by atoms with van der Waals surface area (Å²) in [5, 5.41) is 9.56. The smallest absolute Gasteiger partial charge is 0.407 e. The molecule has 1 N–H and O–H groups in total. The van der Waals surface area contributed by atoms with Crippen molar-refractivity contribution in [3.8, 4) is 11.3 Å². The minimum atomic E-state index is -4.57. The first-order chi connectivity index (χ1) is 15.3. The molecule has 11 heteroatoms. The second-order valence-electron chi connectivity index (χ2n) is 8.62. The molecule has 33 heavy (non-hydrogen) atoms. The van der Waals surface area contributed by atoms with Gasteiger partial charge in [0.2, 0.25) is 5.95 Å². The van der Waals surface area contributed by atoms with Crippen molar-refractivity contribution in [1.29, 1.82) is 0 Å². The molecule has 3 rings (SSSR count). The molecule has 0 unspecified atom stereocenters. The van der Waals surface area contributed by atoms with Crippen molar-refractivity contribution < 1.29 is 31.5 Å². The average molecular weight is 481 g/mol. The van der Waals surface area contributed by atoms with Crippen molar-refractivity contribution in [2.75, 3.05) is 6.54 Å². The summed E-state index contributed by atoms with van der Waals surface area (Å²) in [4.78, 5) is 15.6. The zero-order chi connectivity index (χ0) is 24.6. The number of hydrogen-bond donors (Lipinski definition) is 1. The van der Waals surface area contributed by atoms with Gasteiger partial charge < -0.3 is 10.0 Å². The molecule has 0 radical (unpaired) electrons. The minimum absolute atomic E-state index is 0.0280. The van der Waals surface area contributed by atoms with Gasteiger partial charge in [-0.15, -0.1) is 0 Å². The molecule has 7 nitrogen and oxygen atoms in total. The second kappa shape index (κ2) is 8.89.